The average Bonchev–Trinajstić information content (AvgIpc) is 2.35. The van der Waals surface area contributed by atoms with E-state index in [2.05, 4.69) is 0 Å². The van der Waals surface area contributed by atoms with Crippen molar-refractivity contribution in [3.05, 3.63) is 11.5 Å². The predicted octanol–water partition coefficient (Wildman–Crippen LogP) is 4.01. The van der Waals surface area contributed by atoms with Gasteiger partial charge in [-0.2, -0.15) is 13.2 Å². The number of carbonyl (C=O) groups excluding carboxylic acids is 1. The fourth-order valence-corrected chi connectivity index (χ4v) is 1.77. The molecule has 0 fully saturated rings. The summed E-state index contributed by atoms with van der Waals surface area (Å²) in [5, 5.41) is 10.0. The van der Waals surface area contributed by atoms with E-state index < -0.39 is 17.4 Å². The Morgan fingerprint density at radius 2 is 1.63 bits per heavy atom. The molecular formula is C13H22F3NO2. The molecule has 0 radical (unpaired) electrons. The lowest BCUT2D eigenvalue weighted by atomic mass is 9.83. The maximum absolute atomic E-state index is 13.1. The highest BCUT2D eigenvalue weighted by Gasteiger charge is 2.54. The van der Waals surface area contributed by atoms with Crippen LogP contribution >= 0.6 is 0 Å². The van der Waals surface area contributed by atoms with Gasteiger partial charge in [0.15, 0.2) is 0 Å². The van der Waals surface area contributed by atoms with Crippen LogP contribution < -0.4 is 0 Å². The van der Waals surface area contributed by atoms with E-state index in [0.29, 0.717) is 0 Å². The molecule has 0 saturated carbocycles. The van der Waals surface area contributed by atoms with Gasteiger partial charge in [-0.25, -0.2) is 0 Å². The van der Waals surface area contributed by atoms with E-state index in [4.69, 9.17) is 0 Å². The first-order valence-electron chi connectivity index (χ1n) is 6.32. The molecule has 1 unspecified atom stereocenters. The fraction of sp³-hybridized carbons (Fsp3) is 0.769. The molecule has 0 aliphatic heterocycles. The molecular weight excluding hydrogens is 259 g/mol. The topological polar surface area (TPSA) is 40.5 Å². The van der Waals surface area contributed by atoms with Gasteiger partial charge in [-0.15, -0.1) is 0 Å². The Morgan fingerprint density at radius 3 is 1.89 bits per heavy atom. The third kappa shape index (κ3) is 3.42. The van der Waals surface area contributed by atoms with Crippen molar-refractivity contribution in [1.29, 1.82) is 0 Å². The molecule has 0 aromatic carbocycles. The Kier molecular flexibility index (Phi) is 5.90. The Balaban J connectivity index is 5.79. The van der Waals surface area contributed by atoms with Crippen LogP contribution in [0.5, 0.6) is 0 Å². The first-order chi connectivity index (χ1) is 8.56. The van der Waals surface area contributed by atoms with Gasteiger partial charge in [-0.3, -0.25) is 4.79 Å². The number of aliphatic hydroxyl groups is 1. The molecule has 0 saturated heterocycles. The van der Waals surface area contributed by atoms with Crippen LogP contribution in [0.2, 0.25) is 0 Å². The molecule has 0 aliphatic carbocycles. The lowest BCUT2D eigenvalue weighted by Gasteiger charge is -2.33. The van der Waals surface area contributed by atoms with Crippen molar-refractivity contribution >= 4 is 5.91 Å². The SMILES string of the molecule is CCC(=O)N(C)/C(CC)=C(\O)C(C)(CC)C(F)(F)F. The van der Waals surface area contributed by atoms with E-state index in [-0.39, 0.29) is 30.9 Å². The molecule has 6 heteroatoms. The summed E-state index contributed by atoms with van der Waals surface area (Å²) in [5.74, 6) is -1.10. The number of allylic oxidation sites excluding steroid dienone is 2. The Hall–Kier alpha value is -1.20. The highest BCUT2D eigenvalue weighted by molar-refractivity contribution is 5.77. The molecule has 0 bridgehead atoms. The second-order valence-corrected chi connectivity index (χ2v) is 4.64. The summed E-state index contributed by atoms with van der Waals surface area (Å²) in [5.41, 5.74) is -2.31. The molecule has 0 spiro atoms. The Bertz CT molecular complexity index is 363. The van der Waals surface area contributed by atoms with Crippen LogP contribution in [-0.2, 0) is 4.79 Å². The normalized spacial score (nSPS) is 16.6. The lowest BCUT2D eigenvalue weighted by molar-refractivity contribution is -0.214. The zero-order valence-electron chi connectivity index (χ0n) is 12.1. The van der Waals surface area contributed by atoms with E-state index in [1.807, 2.05) is 0 Å². The van der Waals surface area contributed by atoms with E-state index in [1.54, 1.807) is 13.8 Å². The number of carbonyl (C=O) groups is 1. The summed E-state index contributed by atoms with van der Waals surface area (Å²) in [6.07, 6.45) is -4.54. The van der Waals surface area contributed by atoms with Crippen molar-refractivity contribution in [2.45, 2.75) is 53.1 Å². The lowest BCUT2D eigenvalue weighted by Crippen LogP contribution is -2.39. The predicted molar refractivity (Wildman–Crippen MR) is 67.5 cm³/mol. The van der Waals surface area contributed by atoms with E-state index in [1.165, 1.54) is 14.0 Å². The highest BCUT2D eigenvalue weighted by atomic mass is 19.4. The maximum atomic E-state index is 13.1. The molecule has 19 heavy (non-hydrogen) atoms. The molecule has 0 aliphatic rings. The number of rotatable bonds is 5. The summed E-state index contributed by atoms with van der Waals surface area (Å²) in [4.78, 5) is 12.7. The molecule has 112 valence electrons. The molecule has 1 amide bonds. The molecule has 0 rings (SSSR count). The van der Waals surface area contributed by atoms with Crippen LogP contribution in [0.3, 0.4) is 0 Å². The molecule has 3 nitrogen and oxygen atoms in total. The minimum atomic E-state index is -4.57. The number of aliphatic hydroxyl groups excluding tert-OH is 1. The number of hydrogen-bond donors (Lipinski definition) is 1. The van der Waals surface area contributed by atoms with Gasteiger partial charge in [0.05, 0.1) is 5.70 Å². The number of halogens is 3. The second-order valence-electron chi connectivity index (χ2n) is 4.64. The van der Waals surface area contributed by atoms with Crippen LogP contribution in [0.15, 0.2) is 11.5 Å². The summed E-state index contributed by atoms with van der Waals surface area (Å²) >= 11 is 0. The van der Waals surface area contributed by atoms with Crippen LogP contribution in [0.25, 0.3) is 0 Å². The average molecular weight is 281 g/mol. The highest BCUT2D eigenvalue weighted by Crippen LogP contribution is 2.46. The molecule has 0 aromatic heterocycles. The second kappa shape index (κ2) is 6.30. The number of amides is 1. The molecule has 0 heterocycles. The number of alkyl halides is 3. The van der Waals surface area contributed by atoms with Crippen LogP contribution in [-0.4, -0.2) is 29.1 Å². The van der Waals surface area contributed by atoms with Gasteiger partial charge in [0, 0.05) is 13.5 Å². The zero-order valence-corrected chi connectivity index (χ0v) is 12.1. The van der Waals surface area contributed by atoms with Crippen molar-refractivity contribution in [3.8, 4) is 0 Å². The van der Waals surface area contributed by atoms with Gasteiger partial charge in [-0.1, -0.05) is 20.8 Å². The number of nitrogens with zero attached hydrogens (tertiary/aromatic N) is 1. The zero-order chi connectivity index (χ0) is 15.4. The van der Waals surface area contributed by atoms with Crippen LogP contribution in [0, 0.1) is 5.41 Å². The Labute approximate surface area is 112 Å². The molecule has 1 N–H and O–H groups in total. The molecule has 0 aromatic rings. The van der Waals surface area contributed by atoms with Gasteiger partial charge in [0.25, 0.3) is 0 Å². The van der Waals surface area contributed by atoms with Crippen molar-refractivity contribution in [1.82, 2.24) is 4.90 Å². The van der Waals surface area contributed by atoms with Gasteiger partial charge in [-0.05, 0) is 19.8 Å². The van der Waals surface area contributed by atoms with Crippen molar-refractivity contribution in [2.75, 3.05) is 7.05 Å². The van der Waals surface area contributed by atoms with Gasteiger partial charge < -0.3 is 10.0 Å². The first-order valence-corrected chi connectivity index (χ1v) is 6.32. The van der Waals surface area contributed by atoms with E-state index in [9.17, 15) is 23.1 Å². The first kappa shape index (κ1) is 17.8. The minimum Gasteiger partial charge on any atom is -0.510 e. The van der Waals surface area contributed by atoms with Gasteiger partial charge in [0.1, 0.15) is 11.2 Å². The summed E-state index contributed by atoms with van der Waals surface area (Å²) in [6.45, 7) is 5.53. The minimum absolute atomic E-state index is 0.0218. The van der Waals surface area contributed by atoms with Gasteiger partial charge in [0.2, 0.25) is 5.91 Å². The monoisotopic (exact) mass is 281 g/mol. The smallest absolute Gasteiger partial charge is 0.401 e. The van der Waals surface area contributed by atoms with E-state index >= 15 is 0 Å². The Morgan fingerprint density at radius 1 is 1.16 bits per heavy atom. The number of hydrogen-bond acceptors (Lipinski definition) is 2. The summed E-state index contributed by atoms with van der Waals surface area (Å²) in [6, 6.07) is 0. The van der Waals surface area contributed by atoms with Crippen molar-refractivity contribution in [3.63, 3.8) is 0 Å². The van der Waals surface area contributed by atoms with Crippen molar-refractivity contribution in [2.24, 2.45) is 5.41 Å². The maximum Gasteiger partial charge on any atom is 0.401 e. The summed E-state index contributed by atoms with van der Waals surface area (Å²) in [7, 11) is 1.38. The van der Waals surface area contributed by atoms with Gasteiger partial charge >= 0.3 is 6.18 Å². The quantitative estimate of drug-likeness (QED) is 0.773. The third-order valence-corrected chi connectivity index (χ3v) is 3.55. The van der Waals surface area contributed by atoms with Crippen LogP contribution in [0.1, 0.15) is 47.0 Å². The van der Waals surface area contributed by atoms with E-state index in [0.717, 1.165) is 11.8 Å². The summed E-state index contributed by atoms with van der Waals surface area (Å²) < 4.78 is 39.3. The van der Waals surface area contributed by atoms with Crippen LogP contribution in [0.4, 0.5) is 13.2 Å². The fourth-order valence-electron chi connectivity index (χ4n) is 1.77. The van der Waals surface area contributed by atoms with Crippen molar-refractivity contribution < 1.29 is 23.1 Å². The molecule has 1 atom stereocenters. The largest absolute Gasteiger partial charge is 0.510 e. The third-order valence-electron chi connectivity index (χ3n) is 3.55. The standard InChI is InChI=1S/C13H22F3NO2/c1-6-9(17(5)10(18)7-2)11(19)12(4,8-3)13(14,15)16/h19H,6-8H2,1-5H3/b11-9-.